The summed E-state index contributed by atoms with van der Waals surface area (Å²) in [6, 6.07) is 7.48. The maximum absolute atomic E-state index is 13.1. The van der Waals surface area contributed by atoms with Crippen LogP contribution in [0.1, 0.15) is 72.0 Å². The molecule has 1 aromatic carbocycles. The van der Waals surface area contributed by atoms with E-state index < -0.39 is 5.54 Å². The maximum atomic E-state index is 13.1. The molecule has 2 aromatic rings. The van der Waals surface area contributed by atoms with E-state index in [1.807, 2.05) is 0 Å². The van der Waals surface area contributed by atoms with Crippen molar-refractivity contribution in [1.82, 2.24) is 25.3 Å². The summed E-state index contributed by atoms with van der Waals surface area (Å²) in [6.45, 7) is 2.00. The van der Waals surface area contributed by atoms with Crippen molar-refractivity contribution in [3.8, 4) is 0 Å². The highest BCUT2D eigenvalue weighted by atomic mass is 19.1. The van der Waals surface area contributed by atoms with Crippen molar-refractivity contribution in [2.45, 2.75) is 70.1 Å². The monoisotopic (exact) mass is 455 g/mol. The smallest absolute Gasteiger partial charge is 0.272 e. The number of benzene rings is 1. The van der Waals surface area contributed by atoms with Crippen LogP contribution in [0.5, 0.6) is 0 Å². The molecule has 4 rings (SSSR count). The van der Waals surface area contributed by atoms with Gasteiger partial charge < -0.3 is 15.5 Å². The normalized spacial score (nSPS) is 21.3. The number of aromatic nitrogens is 2. The van der Waals surface area contributed by atoms with Gasteiger partial charge in [-0.25, -0.2) is 4.39 Å². The van der Waals surface area contributed by atoms with Crippen LogP contribution >= 0.6 is 0 Å². The lowest BCUT2D eigenvalue weighted by atomic mass is 9.96. The number of carbonyl (C=O) groups is 3. The Kier molecular flexibility index (Phi) is 6.49. The first-order valence-corrected chi connectivity index (χ1v) is 11.5. The lowest BCUT2D eigenvalue weighted by Gasteiger charge is -2.40. The molecule has 0 spiro atoms. The molecule has 3 amide bonds. The summed E-state index contributed by atoms with van der Waals surface area (Å²) in [5.74, 6) is -1.36. The van der Waals surface area contributed by atoms with Gasteiger partial charge >= 0.3 is 0 Å². The molecule has 8 nitrogen and oxygen atoms in total. The van der Waals surface area contributed by atoms with Gasteiger partial charge in [0, 0.05) is 25.7 Å². The predicted molar refractivity (Wildman–Crippen MR) is 120 cm³/mol. The third-order valence-corrected chi connectivity index (χ3v) is 6.78. The average molecular weight is 456 g/mol. The summed E-state index contributed by atoms with van der Waals surface area (Å²) >= 11 is 0. The van der Waals surface area contributed by atoms with E-state index in [4.69, 9.17) is 0 Å². The van der Waals surface area contributed by atoms with Crippen LogP contribution in [-0.2, 0) is 17.9 Å². The number of nitrogens with zero attached hydrogens (tertiary/aromatic N) is 3. The van der Waals surface area contributed by atoms with E-state index in [9.17, 15) is 18.8 Å². The summed E-state index contributed by atoms with van der Waals surface area (Å²) in [5, 5.41) is 10.2. The fourth-order valence-electron chi connectivity index (χ4n) is 4.50. The number of hydrogen-bond acceptors (Lipinski definition) is 4. The van der Waals surface area contributed by atoms with Crippen LogP contribution in [-0.4, -0.2) is 51.0 Å². The second-order valence-corrected chi connectivity index (χ2v) is 9.18. The number of fused-ring (bicyclic) bond motifs is 1. The molecule has 9 heteroatoms. The van der Waals surface area contributed by atoms with Crippen LogP contribution in [0.3, 0.4) is 0 Å². The molecule has 0 bridgehead atoms. The Morgan fingerprint density at radius 3 is 2.48 bits per heavy atom. The molecule has 1 atom stereocenters. The van der Waals surface area contributed by atoms with E-state index in [1.165, 1.54) is 40.6 Å². The predicted octanol–water partition coefficient (Wildman–Crippen LogP) is 2.64. The maximum Gasteiger partial charge on any atom is 0.272 e. The Bertz CT molecular complexity index is 1040. The molecule has 2 heterocycles. The third-order valence-electron chi connectivity index (χ3n) is 6.78. The summed E-state index contributed by atoms with van der Waals surface area (Å²) in [5.41, 5.74) is 0.0280. The van der Waals surface area contributed by atoms with E-state index >= 15 is 0 Å². The number of carbonyl (C=O) groups excluding carboxylic acids is 3. The zero-order valence-electron chi connectivity index (χ0n) is 19.1. The Labute approximate surface area is 192 Å². The summed E-state index contributed by atoms with van der Waals surface area (Å²) in [7, 11) is 1.57. The largest absolute Gasteiger partial charge is 0.350 e. The molecule has 176 valence electrons. The fourth-order valence-corrected chi connectivity index (χ4v) is 4.50. The number of halogens is 1. The molecule has 0 radical (unpaired) electrons. The van der Waals surface area contributed by atoms with Crippen molar-refractivity contribution in [2.24, 2.45) is 0 Å². The molecule has 1 aromatic heterocycles. The van der Waals surface area contributed by atoms with Gasteiger partial charge in [0.1, 0.15) is 17.1 Å². The van der Waals surface area contributed by atoms with Crippen LogP contribution in [0.15, 0.2) is 30.3 Å². The molecule has 1 aliphatic carbocycles. The van der Waals surface area contributed by atoms with E-state index in [0.29, 0.717) is 0 Å². The first-order chi connectivity index (χ1) is 15.8. The van der Waals surface area contributed by atoms with Gasteiger partial charge in [-0.2, -0.15) is 5.10 Å². The lowest BCUT2D eigenvalue weighted by Crippen LogP contribution is -2.62. The number of rotatable bonds is 5. The minimum Gasteiger partial charge on any atom is -0.350 e. The van der Waals surface area contributed by atoms with Gasteiger partial charge in [-0.15, -0.1) is 0 Å². The van der Waals surface area contributed by atoms with Gasteiger partial charge in [0.15, 0.2) is 5.69 Å². The summed E-state index contributed by atoms with van der Waals surface area (Å²) in [4.78, 5) is 40.3. The second-order valence-electron chi connectivity index (χ2n) is 9.18. The summed E-state index contributed by atoms with van der Waals surface area (Å²) < 4.78 is 14.6. The highest BCUT2D eigenvalue weighted by Gasteiger charge is 2.46. The zero-order chi connectivity index (χ0) is 23.6. The first-order valence-electron chi connectivity index (χ1n) is 11.5. The van der Waals surface area contributed by atoms with Gasteiger partial charge in [0.05, 0.1) is 6.54 Å². The molecule has 2 N–H and O–H groups in total. The van der Waals surface area contributed by atoms with Crippen LogP contribution < -0.4 is 10.6 Å². The summed E-state index contributed by atoms with van der Waals surface area (Å²) in [6.07, 6.45) is 6.47. The highest BCUT2D eigenvalue weighted by molar-refractivity contribution is 6.01. The van der Waals surface area contributed by atoms with E-state index in [-0.39, 0.29) is 54.1 Å². The van der Waals surface area contributed by atoms with Gasteiger partial charge in [-0.3, -0.25) is 19.1 Å². The van der Waals surface area contributed by atoms with Crippen molar-refractivity contribution >= 4 is 17.7 Å². The Hall–Kier alpha value is -3.23. The van der Waals surface area contributed by atoms with Crippen molar-refractivity contribution in [3.05, 3.63) is 53.1 Å². The minimum atomic E-state index is -1.19. The Morgan fingerprint density at radius 1 is 1.15 bits per heavy atom. The fraction of sp³-hybridized carbons (Fsp3) is 0.500. The van der Waals surface area contributed by atoms with Gasteiger partial charge in [-0.05, 0) is 37.5 Å². The van der Waals surface area contributed by atoms with Crippen LogP contribution in [0.2, 0.25) is 0 Å². The second kappa shape index (κ2) is 9.33. The van der Waals surface area contributed by atoms with Crippen LogP contribution in [0.25, 0.3) is 0 Å². The molecule has 33 heavy (non-hydrogen) atoms. The molecule has 1 aliphatic heterocycles. The number of amides is 3. The zero-order valence-corrected chi connectivity index (χ0v) is 19.1. The van der Waals surface area contributed by atoms with Crippen LogP contribution in [0.4, 0.5) is 4.39 Å². The molecule has 1 fully saturated rings. The first kappa shape index (κ1) is 22.9. The van der Waals surface area contributed by atoms with Crippen molar-refractivity contribution in [3.63, 3.8) is 0 Å². The third kappa shape index (κ3) is 4.77. The minimum absolute atomic E-state index is 0.122. The topological polar surface area (TPSA) is 96.3 Å². The van der Waals surface area contributed by atoms with Gasteiger partial charge in [0.25, 0.3) is 11.8 Å². The Morgan fingerprint density at radius 2 is 1.82 bits per heavy atom. The number of nitrogens with one attached hydrogen (secondary N) is 2. The lowest BCUT2D eigenvalue weighted by molar-refractivity contribution is -0.132. The standard InChI is InChI=1S/C24H30FN5O3/c1-24(23(33)26-14-16-9-11-17(25)12-10-16)15-30-20(22(32)29(24)2)13-19(28-30)21(31)27-18-7-5-3-4-6-8-18/h9-13,18H,3-8,14-15H2,1-2H3,(H,26,33)(H,27,31)/t24-/m0/s1. The van der Waals surface area contributed by atoms with Crippen molar-refractivity contribution in [2.75, 3.05) is 7.05 Å². The molecule has 0 unspecified atom stereocenters. The average Bonchev–Trinajstić information content (AvgIpc) is 3.05. The molecule has 1 saturated carbocycles. The highest BCUT2D eigenvalue weighted by Crippen LogP contribution is 2.26. The van der Waals surface area contributed by atoms with Gasteiger partial charge in [-0.1, -0.05) is 37.8 Å². The van der Waals surface area contributed by atoms with Crippen LogP contribution in [0, 0.1) is 5.82 Å². The van der Waals surface area contributed by atoms with Crippen molar-refractivity contribution in [1.29, 1.82) is 0 Å². The number of likely N-dealkylation sites (N-methyl/N-ethyl adjacent to an activating group) is 1. The molecule has 0 saturated heterocycles. The molecule has 2 aliphatic rings. The van der Waals surface area contributed by atoms with E-state index in [2.05, 4.69) is 15.7 Å². The van der Waals surface area contributed by atoms with E-state index in [0.717, 1.165) is 31.2 Å². The van der Waals surface area contributed by atoms with E-state index in [1.54, 1.807) is 26.1 Å². The van der Waals surface area contributed by atoms with Crippen molar-refractivity contribution < 1.29 is 18.8 Å². The molecular formula is C24H30FN5O3. The van der Waals surface area contributed by atoms with Gasteiger partial charge in [0.2, 0.25) is 5.91 Å². The Balaban J connectivity index is 1.47. The number of hydrogen-bond donors (Lipinski definition) is 2. The SMILES string of the molecule is CN1C(=O)c2cc(C(=O)NC3CCCCCC3)nn2C[C@@]1(C)C(=O)NCc1ccc(F)cc1. The molecular weight excluding hydrogens is 425 g/mol. The quantitative estimate of drug-likeness (QED) is 0.678.